The summed E-state index contributed by atoms with van der Waals surface area (Å²) < 4.78 is 1.60. The zero-order chi connectivity index (χ0) is 18.7. The number of nitrogens with zero attached hydrogens (tertiary/aromatic N) is 6. The normalized spacial score (nSPS) is 16.1. The van der Waals surface area contributed by atoms with Crippen molar-refractivity contribution in [2.45, 2.75) is 39.7 Å². The lowest BCUT2D eigenvalue weighted by molar-refractivity contribution is 0.241. The molecule has 1 saturated heterocycles. The summed E-state index contributed by atoms with van der Waals surface area (Å²) >= 11 is 0. The minimum absolute atomic E-state index is 0.0356. The molecule has 2 aromatic rings. The molecule has 0 atom stereocenters. The van der Waals surface area contributed by atoms with E-state index in [4.69, 9.17) is 0 Å². The van der Waals surface area contributed by atoms with Crippen molar-refractivity contribution in [3.05, 3.63) is 46.3 Å². The van der Waals surface area contributed by atoms with E-state index in [0.717, 1.165) is 49.9 Å². The Morgan fingerprint density at radius 3 is 2.35 bits per heavy atom. The fraction of sp³-hybridized carbons (Fsp3) is 0.579. The summed E-state index contributed by atoms with van der Waals surface area (Å²) in [7, 11) is 0. The molecule has 0 N–H and O–H groups in total. The van der Waals surface area contributed by atoms with Crippen LogP contribution in [-0.4, -0.2) is 57.4 Å². The number of rotatable bonds is 4. The Morgan fingerprint density at radius 1 is 1.00 bits per heavy atom. The third-order valence-corrected chi connectivity index (χ3v) is 4.73. The fourth-order valence-corrected chi connectivity index (χ4v) is 2.99. The van der Waals surface area contributed by atoms with E-state index in [1.165, 1.54) is 0 Å². The van der Waals surface area contributed by atoms with Gasteiger partial charge in [-0.3, -0.25) is 14.7 Å². The summed E-state index contributed by atoms with van der Waals surface area (Å²) in [6.07, 6.45) is 3.65. The Kier molecular flexibility index (Phi) is 5.36. The van der Waals surface area contributed by atoms with Crippen molar-refractivity contribution >= 4 is 5.82 Å². The molecular weight excluding hydrogens is 328 g/mol. The molecular formula is C19H28N6O. The molecule has 0 aliphatic carbocycles. The van der Waals surface area contributed by atoms with Gasteiger partial charge >= 0.3 is 0 Å². The predicted octanol–water partition coefficient (Wildman–Crippen LogP) is 1.46. The van der Waals surface area contributed by atoms with Crippen LogP contribution in [0, 0.1) is 6.92 Å². The number of aryl methyl sites for hydroxylation is 1. The smallest absolute Gasteiger partial charge is 0.266 e. The topological polar surface area (TPSA) is 67.2 Å². The van der Waals surface area contributed by atoms with Gasteiger partial charge in [0, 0.05) is 44.2 Å². The van der Waals surface area contributed by atoms with Gasteiger partial charge in [-0.15, -0.1) is 0 Å². The zero-order valence-corrected chi connectivity index (χ0v) is 16.1. The third-order valence-electron chi connectivity index (χ3n) is 4.73. The van der Waals surface area contributed by atoms with Crippen LogP contribution in [0.3, 0.4) is 0 Å². The van der Waals surface area contributed by atoms with Crippen LogP contribution in [0.2, 0.25) is 0 Å². The van der Waals surface area contributed by atoms with Gasteiger partial charge in [0.2, 0.25) is 0 Å². The second-order valence-corrected chi connectivity index (χ2v) is 7.87. The predicted molar refractivity (Wildman–Crippen MR) is 103 cm³/mol. The van der Waals surface area contributed by atoms with Gasteiger partial charge < -0.3 is 4.90 Å². The lowest BCUT2D eigenvalue weighted by Gasteiger charge is -2.35. The van der Waals surface area contributed by atoms with Crippen molar-refractivity contribution in [1.82, 2.24) is 24.6 Å². The molecule has 7 nitrogen and oxygen atoms in total. The molecule has 2 aromatic heterocycles. The van der Waals surface area contributed by atoms with Crippen molar-refractivity contribution in [3.63, 3.8) is 0 Å². The highest BCUT2D eigenvalue weighted by atomic mass is 16.1. The molecule has 0 bridgehead atoms. The van der Waals surface area contributed by atoms with E-state index < -0.39 is 0 Å². The maximum absolute atomic E-state index is 12.1. The molecule has 0 aromatic carbocycles. The van der Waals surface area contributed by atoms with Gasteiger partial charge in [0.15, 0.2) is 0 Å². The monoisotopic (exact) mass is 356 g/mol. The van der Waals surface area contributed by atoms with Gasteiger partial charge in [-0.2, -0.15) is 5.10 Å². The van der Waals surface area contributed by atoms with Gasteiger partial charge in [0.1, 0.15) is 5.82 Å². The number of aromatic nitrogens is 4. The molecule has 0 spiro atoms. The first-order chi connectivity index (χ1) is 12.3. The van der Waals surface area contributed by atoms with E-state index in [9.17, 15) is 4.79 Å². The standard InChI is InChI=1S/C19H28N6O/c1-15-13-21-17(14-20-15)24-10-7-23(8-11-24)9-12-25-18(26)6-5-16(22-25)19(2,3)4/h5-6,13-14H,7-12H2,1-4H3. The van der Waals surface area contributed by atoms with Crippen LogP contribution in [0.1, 0.15) is 32.2 Å². The van der Waals surface area contributed by atoms with Crippen LogP contribution in [0.25, 0.3) is 0 Å². The quantitative estimate of drug-likeness (QED) is 0.826. The van der Waals surface area contributed by atoms with Gasteiger partial charge in [-0.1, -0.05) is 20.8 Å². The highest BCUT2D eigenvalue weighted by Crippen LogP contribution is 2.18. The van der Waals surface area contributed by atoms with Crippen LogP contribution in [0.15, 0.2) is 29.3 Å². The van der Waals surface area contributed by atoms with E-state index in [2.05, 4.69) is 45.6 Å². The zero-order valence-electron chi connectivity index (χ0n) is 16.1. The average Bonchev–Trinajstić information content (AvgIpc) is 2.61. The van der Waals surface area contributed by atoms with Crippen LogP contribution in [0.5, 0.6) is 0 Å². The minimum Gasteiger partial charge on any atom is -0.353 e. The van der Waals surface area contributed by atoms with E-state index in [0.29, 0.717) is 6.54 Å². The summed E-state index contributed by atoms with van der Waals surface area (Å²) in [5.41, 5.74) is 1.78. The van der Waals surface area contributed by atoms with Crippen molar-refractivity contribution in [2.75, 3.05) is 37.6 Å². The van der Waals surface area contributed by atoms with E-state index in [1.807, 2.05) is 25.4 Å². The molecule has 3 rings (SSSR count). The van der Waals surface area contributed by atoms with Gasteiger partial charge in [0.25, 0.3) is 5.56 Å². The van der Waals surface area contributed by atoms with Gasteiger partial charge in [-0.25, -0.2) is 9.67 Å². The molecule has 140 valence electrons. The van der Waals surface area contributed by atoms with Crippen molar-refractivity contribution in [2.24, 2.45) is 0 Å². The molecule has 0 saturated carbocycles. The third kappa shape index (κ3) is 4.46. The molecule has 1 fully saturated rings. The molecule has 0 radical (unpaired) electrons. The molecule has 7 heteroatoms. The summed E-state index contributed by atoms with van der Waals surface area (Å²) in [5.74, 6) is 0.936. The Balaban J connectivity index is 1.56. The van der Waals surface area contributed by atoms with Gasteiger partial charge in [-0.05, 0) is 13.0 Å². The number of anilines is 1. The second-order valence-electron chi connectivity index (χ2n) is 7.87. The maximum atomic E-state index is 12.1. The first kappa shape index (κ1) is 18.5. The average molecular weight is 356 g/mol. The fourth-order valence-electron chi connectivity index (χ4n) is 2.99. The van der Waals surface area contributed by atoms with E-state index in [1.54, 1.807) is 10.7 Å². The SMILES string of the molecule is Cc1cnc(N2CCN(CCn3nc(C(C)(C)C)ccc3=O)CC2)cn1. The molecule has 1 aliphatic rings. The molecule has 3 heterocycles. The number of hydrogen-bond acceptors (Lipinski definition) is 6. The van der Waals surface area contributed by atoms with Crippen molar-refractivity contribution < 1.29 is 0 Å². The van der Waals surface area contributed by atoms with Crippen LogP contribution < -0.4 is 10.5 Å². The first-order valence-corrected chi connectivity index (χ1v) is 9.17. The molecule has 0 unspecified atom stereocenters. The summed E-state index contributed by atoms with van der Waals surface area (Å²) in [4.78, 5) is 25.5. The Hall–Kier alpha value is -2.28. The highest BCUT2D eigenvalue weighted by molar-refractivity contribution is 5.36. The highest BCUT2D eigenvalue weighted by Gasteiger charge is 2.19. The Bertz CT molecular complexity index is 785. The van der Waals surface area contributed by atoms with Crippen molar-refractivity contribution in [3.8, 4) is 0 Å². The van der Waals surface area contributed by atoms with E-state index in [-0.39, 0.29) is 11.0 Å². The summed E-state index contributed by atoms with van der Waals surface area (Å²) in [6, 6.07) is 3.46. The lowest BCUT2D eigenvalue weighted by atomic mass is 9.92. The summed E-state index contributed by atoms with van der Waals surface area (Å²) in [6.45, 7) is 13.4. The second kappa shape index (κ2) is 7.53. The molecule has 0 amide bonds. The van der Waals surface area contributed by atoms with E-state index >= 15 is 0 Å². The van der Waals surface area contributed by atoms with Crippen LogP contribution >= 0.6 is 0 Å². The lowest BCUT2D eigenvalue weighted by Crippen LogP contribution is -2.48. The number of hydrogen-bond donors (Lipinski definition) is 0. The first-order valence-electron chi connectivity index (χ1n) is 9.17. The van der Waals surface area contributed by atoms with Crippen LogP contribution in [0.4, 0.5) is 5.82 Å². The molecule has 26 heavy (non-hydrogen) atoms. The molecule has 1 aliphatic heterocycles. The Morgan fingerprint density at radius 2 is 1.73 bits per heavy atom. The number of piperazine rings is 1. The summed E-state index contributed by atoms with van der Waals surface area (Å²) in [5, 5.41) is 4.55. The minimum atomic E-state index is -0.0594. The Labute approximate surface area is 154 Å². The van der Waals surface area contributed by atoms with Crippen molar-refractivity contribution in [1.29, 1.82) is 0 Å². The van der Waals surface area contributed by atoms with Gasteiger partial charge in [0.05, 0.1) is 30.3 Å². The van der Waals surface area contributed by atoms with Crippen LogP contribution in [-0.2, 0) is 12.0 Å². The maximum Gasteiger partial charge on any atom is 0.266 e. The largest absolute Gasteiger partial charge is 0.353 e.